The van der Waals surface area contributed by atoms with Crippen LogP contribution in [-0.4, -0.2) is 41.5 Å². The van der Waals surface area contributed by atoms with Crippen LogP contribution >= 0.6 is 0 Å². The molecule has 0 aromatic heterocycles. The van der Waals surface area contributed by atoms with Gasteiger partial charge in [-0.05, 0) is 6.42 Å². The van der Waals surface area contributed by atoms with Crippen LogP contribution in [0.2, 0.25) is 0 Å². The molecule has 0 spiro atoms. The van der Waals surface area contributed by atoms with E-state index in [0.717, 1.165) is 12.8 Å². The standard InChI is InChI=1S/C20H41NO4/c1-2-3-4-5-6-7-8-9-10-11-12-13-14-15-19(23)18(21)17-25-20(24)16-22/h18-19,22-23H,2-17,21H2,1H3. The molecule has 5 nitrogen and oxygen atoms in total. The molecular formula is C20H41NO4. The van der Waals surface area contributed by atoms with Gasteiger partial charge in [0.15, 0.2) is 0 Å². The Morgan fingerprint density at radius 2 is 1.32 bits per heavy atom. The van der Waals surface area contributed by atoms with Crippen molar-refractivity contribution >= 4 is 5.97 Å². The van der Waals surface area contributed by atoms with Crippen molar-refractivity contribution in [2.24, 2.45) is 5.73 Å². The highest BCUT2D eigenvalue weighted by Gasteiger charge is 2.16. The zero-order valence-electron chi connectivity index (χ0n) is 16.3. The number of ether oxygens (including phenoxy) is 1. The summed E-state index contributed by atoms with van der Waals surface area (Å²) in [5, 5.41) is 18.4. The Hall–Kier alpha value is -0.650. The first-order valence-electron chi connectivity index (χ1n) is 10.3. The van der Waals surface area contributed by atoms with Crippen LogP contribution in [0, 0.1) is 0 Å². The second kappa shape index (κ2) is 18.2. The molecule has 2 unspecified atom stereocenters. The lowest BCUT2D eigenvalue weighted by Crippen LogP contribution is -2.39. The van der Waals surface area contributed by atoms with Crippen LogP contribution in [0.4, 0.5) is 0 Å². The normalized spacial score (nSPS) is 13.6. The Bertz CT molecular complexity index is 299. The first-order valence-corrected chi connectivity index (χ1v) is 10.3. The SMILES string of the molecule is CCCCCCCCCCCCCCCC(O)C(N)COC(=O)CO. The zero-order valence-corrected chi connectivity index (χ0v) is 16.3. The van der Waals surface area contributed by atoms with Crippen LogP contribution in [0.25, 0.3) is 0 Å². The van der Waals surface area contributed by atoms with Crippen molar-refractivity contribution in [1.29, 1.82) is 0 Å². The molecule has 0 heterocycles. The summed E-state index contributed by atoms with van der Waals surface area (Å²) in [5.74, 6) is -0.705. The largest absolute Gasteiger partial charge is 0.462 e. The maximum absolute atomic E-state index is 10.8. The van der Waals surface area contributed by atoms with Crippen LogP contribution in [-0.2, 0) is 9.53 Å². The molecule has 0 aliphatic rings. The smallest absolute Gasteiger partial charge is 0.331 e. The van der Waals surface area contributed by atoms with Crippen molar-refractivity contribution in [1.82, 2.24) is 0 Å². The molecule has 150 valence electrons. The maximum atomic E-state index is 10.8. The van der Waals surface area contributed by atoms with E-state index in [1.54, 1.807) is 0 Å². The third kappa shape index (κ3) is 16.6. The van der Waals surface area contributed by atoms with E-state index < -0.39 is 24.7 Å². The van der Waals surface area contributed by atoms with Gasteiger partial charge in [-0.2, -0.15) is 0 Å². The van der Waals surface area contributed by atoms with E-state index in [9.17, 15) is 9.90 Å². The Morgan fingerprint density at radius 1 is 0.880 bits per heavy atom. The summed E-state index contributed by atoms with van der Waals surface area (Å²) in [7, 11) is 0. The molecule has 0 aliphatic carbocycles. The molecule has 0 radical (unpaired) electrons. The summed E-state index contributed by atoms with van der Waals surface area (Å²) >= 11 is 0. The molecule has 2 atom stereocenters. The fraction of sp³-hybridized carbons (Fsp3) is 0.950. The fourth-order valence-corrected chi connectivity index (χ4v) is 2.93. The number of unbranched alkanes of at least 4 members (excludes halogenated alkanes) is 12. The van der Waals surface area contributed by atoms with Gasteiger partial charge in [0.1, 0.15) is 13.2 Å². The van der Waals surface area contributed by atoms with Gasteiger partial charge in [0.25, 0.3) is 0 Å². The highest BCUT2D eigenvalue weighted by atomic mass is 16.5. The lowest BCUT2D eigenvalue weighted by atomic mass is 10.0. The average Bonchev–Trinajstić information content (AvgIpc) is 2.62. The first-order chi connectivity index (χ1) is 12.1. The van der Waals surface area contributed by atoms with Gasteiger partial charge < -0.3 is 20.7 Å². The van der Waals surface area contributed by atoms with Crippen LogP contribution in [0.3, 0.4) is 0 Å². The Labute approximate surface area is 154 Å². The Morgan fingerprint density at radius 3 is 1.76 bits per heavy atom. The average molecular weight is 360 g/mol. The minimum Gasteiger partial charge on any atom is -0.462 e. The van der Waals surface area contributed by atoms with Gasteiger partial charge >= 0.3 is 5.97 Å². The van der Waals surface area contributed by atoms with Crippen LogP contribution in [0.15, 0.2) is 0 Å². The Kier molecular flexibility index (Phi) is 17.7. The molecule has 25 heavy (non-hydrogen) atoms. The van der Waals surface area contributed by atoms with E-state index in [0.29, 0.717) is 6.42 Å². The van der Waals surface area contributed by atoms with Crippen LogP contribution < -0.4 is 5.73 Å². The van der Waals surface area contributed by atoms with Crippen molar-refractivity contribution < 1.29 is 19.7 Å². The Balaban J connectivity index is 3.30. The van der Waals surface area contributed by atoms with Crippen molar-refractivity contribution in [2.75, 3.05) is 13.2 Å². The van der Waals surface area contributed by atoms with Gasteiger partial charge in [-0.1, -0.05) is 90.4 Å². The second-order valence-corrected chi connectivity index (χ2v) is 7.10. The lowest BCUT2D eigenvalue weighted by molar-refractivity contribution is -0.148. The molecule has 0 aromatic carbocycles. The molecule has 0 saturated carbocycles. The summed E-state index contributed by atoms with van der Waals surface area (Å²) in [6.07, 6.45) is 16.8. The van der Waals surface area contributed by atoms with Crippen molar-refractivity contribution in [3.8, 4) is 0 Å². The molecule has 4 N–H and O–H groups in total. The topological polar surface area (TPSA) is 92.8 Å². The summed E-state index contributed by atoms with van der Waals surface area (Å²) in [5.41, 5.74) is 5.76. The molecule has 0 fully saturated rings. The van der Waals surface area contributed by atoms with Gasteiger partial charge in [0.2, 0.25) is 0 Å². The molecule has 0 amide bonds. The number of carbonyl (C=O) groups excluding carboxylic acids is 1. The minimum atomic E-state index is -0.705. The number of aliphatic hydroxyl groups is 2. The number of hydrogen-bond acceptors (Lipinski definition) is 5. The predicted octanol–water partition coefficient (Wildman–Crippen LogP) is 3.69. The van der Waals surface area contributed by atoms with Crippen molar-refractivity contribution in [3.05, 3.63) is 0 Å². The number of nitrogens with two attached hydrogens (primary N) is 1. The van der Waals surface area contributed by atoms with Gasteiger partial charge in [-0.25, -0.2) is 4.79 Å². The van der Waals surface area contributed by atoms with Gasteiger partial charge in [0.05, 0.1) is 12.1 Å². The van der Waals surface area contributed by atoms with Gasteiger partial charge in [0, 0.05) is 0 Å². The van der Waals surface area contributed by atoms with Crippen molar-refractivity contribution in [2.45, 2.75) is 109 Å². The quantitative estimate of drug-likeness (QED) is 0.256. The monoisotopic (exact) mass is 359 g/mol. The summed E-state index contributed by atoms with van der Waals surface area (Å²) in [6.45, 7) is 1.56. The number of aliphatic hydroxyl groups excluding tert-OH is 2. The lowest BCUT2D eigenvalue weighted by Gasteiger charge is -2.18. The number of rotatable bonds is 18. The third-order valence-electron chi connectivity index (χ3n) is 4.66. The first kappa shape index (κ1) is 24.4. The van der Waals surface area contributed by atoms with E-state index in [1.165, 1.54) is 70.6 Å². The van der Waals surface area contributed by atoms with Gasteiger partial charge in [-0.3, -0.25) is 0 Å². The zero-order chi connectivity index (χ0) is 18.8. The summed E-state index contributed by atoms with van der Waals surface area (Å²) in [4.78, 5) is 10.8. The highest BCUT2D eigenvalue weighted by molar-refractivity contribution is 5.70. The molecular weight excluding hydrogens is 318 g/mol. The predicted molar refractivity (Wildman–Crippen MR) is 102 cm³/mol. The number of carbonyl (C=O) groups is 1. The fourth-order valence-electron chi connectivity index (χ4n) is 2.93. The molecule has 0 aromatic rings. The highest BCUT2D eigenvalue weighted by Crippen LogP contribution is 2.13. The number of hydrogen-bond donors (Lipinski definition) is 3. The van der Waals surface area contributed by atoms with Crippen molar-refractivity contribution in [3.63, 3.8) is 0 Å². The third-order valence-corrected chi connectivity index (χ3v) is 4.66. The van der Waals surface area contributed by atoms with E-state index in [4.69, 9.17) is 15.6 Å². The number of esters is 1. The summed E-state index contributed by atoms with van der Waals surface area (Å²) < 4.78 is 4.72. The minimum absolute atomic E-state index is 0.0427. The van der Waals surface area contributed by atoms with E-state index in [-0.39, 0.29) is 6.61 Å². The molecule has 0 aliphatic heterocycles. The molecule has 0 saturated heterocycles. The van der Waals surface area contributed by atoms with E-state index in [1.807, 2.05) is 0 Å². The van der Waals surface area contributed by atoms with Gasteiger partial charge in [-0.15, -0.1) is 0 Å². The maximum Gasteiger partial charge on any atom is 0.331 e. The van der Waals surface area contributed by atoms with E-state index in [2.05, 4.69) is 6.92 Å². The molecule has 0 bridgehead atoms. The van der Waals surface area contributed by atoms with Crippen LogP contribution in [0.5, 0.6) is 0 Å². The molecule has 0 rings (SSSR count). The summed E-state index contributed by atoms with van der Waals surface area (Å²) in [6, 6.07) is -0.576. The van der Waals surface area contributed by atoms with Crippen LogP contribution in [0.1, 0.15) is 96.8 Å². The second-order valence-electron chi connectivity index (χ2n) is 7.10. The molecule has 5 heteroatoms. The van der Waals surface area contributed by atoms with E-state index >= 15 is 0 Å².